The van der Waals surface area contributed by atoms with Crippen molar-refractivity contribution in [2.45, 2.75) is 6.92 Å². The Bertz CT molecular complexity index is 962. The zero-order chi connectivity index (χ0) is 18.8. The highest BCUT2D eigenvalue weighted by atomic mass is 35.5. The van der Waals surface area contributed by atoms with Gasteiger partial charge in [0.15, 0.2) is 5.82 Å². The maximum absolute atomic E-state index is 13.0. The summed E-state index contributed by atoms with van der Waals surface area (Å²) in [6, 6.07) is 9.54. The van der Waals surface area contributed by atoms with Crippen molar-refractivity contribution < 1.29 is 4.79 Å². The SMILES string of the molecule is CCNc1cccnc1N1CCN(C(=O)c2c[nH]c3ccc(Cl)cc23)CC1. The van der Waals surface area contributed by atoms with Gasteiger partial charge >= 0.3 is 0 Å². The van der Waals surface area contributed by atoms with Crippen molar-refractivity contribution in [3.8, 4) is 0 Å². The van der Waals surface area contributed by atoms with Gasteiger partial charge in [-0.05, 0) is 37.3 Å². The lowest BCUT2D eigenvalue weighted by Gasteiger charge is -2.36. The first-order valence-electron chi connectivity index (χ1n) is 9.17. The van der Waals surface area contributed by atoms with Crippen LogP contribution >= 0.6 is 11.6 Å². The molecule has 0 radical (unpaired) electrons. The third-order valence-corrected chi connectivity index (χ3v) is 5.13. The van der Waals surface area contributed by atoms with E-state index in [4.69, 9.17) is 11.6 Å². The van der Waals surface area contributed by atoms with Crippen molar-refractivity contribution in [1.82, 2.24) is 14.9 Å². The second-order valence-corrected chi connectivity index (χ2v) is 7.01. The fraction of sp³-hybridized carbons (Fsp3) is 0.300. The number of rotatable bonds is 4. The highest BCUT2D eigenvalue weighted by molar-refractivity contribution is 6.31. The van der Waals surface area contributed by atoms with Crippen LogP contribution in [0, 0.1) is 0 Å². The third-order valence-electron chi connectivity index (χ3n) is 4.89. The second-order valence-electron chi connectivity index (χ2n) is 6.58. The number of fused-ring (bicyclic) bond motifs is 1. The van der Waals surface area contributed by atoms with Crippen LogP contribution in [0.3, 0.4) is 0 Å². The number of carbonyl (C=O) groups excluding carboxylic acids is 1. The molecule has 0 saturated carbocycles. The van der Waals surface area contributed by atoms with E-state index in [1.54, 1.807) is 6.20 Å². The largest absolute Gasteiger partial charge is 0.382 e. The fourth-order valence-corrected chi connectivity index (χ4v) is 3.71. The summed E-state index contributed by atoms with van der Waals surface area (Å²) in [5, 5.41) is 4.85. The van der Waals surface area contributed by atoms with Gasteiger partial charge in [-0.15, -0.1) is 0 Å². The molecule has 6 nitrogen and oxygen atoms in total. The van der Waals surface area contributed by atoms with Gasteiger partial charge in [0, 0.05) is 61.0 Å². The van der Waals surface area contributed by atoms with Gasteiger partial charge in [-0.25, -0.2) is 4.98 Å². The Balaban J connectivity index is 1.49. The van der Waals surface area contributed by atoms with Crippen LogP contribution in [-0.4, -0.2) is 53.5 Å². The summed E-state index contributed by atoms with van der Waals surface area (Å²) in [5.41, 5.74) is 2.63. The first-order chi connectivity index (χ1) is 13.2. The zero-order valence-corrected chi connectivity index (χ0v) is 16.0. The molecule has 1 aliphatic heterocycles. The number of nitrogens with one attached hydrogen (secondary N) is 2. The quantitative estimate of drug-likeness (QED) is 0.722. The van der Waals surface area contributed by atoms with E-state index in [9.17, 15) is 4.79 Å². The van der Waals surface area contributed by atoms with Crippen LogP contribution in [0.4, 0.5) is 11.5 Å². The molecule has 2 aromatic heterocycles. The van der Waals surface area contributed by atoms with Gasteiger partial charge in [0.05, 0.1) is 11.3 Å². The summed E-state index contributed by atoms with van der Waals surface area (Å²) < 4.78 is 0. The molecule has 1 aliphatic rings. The standard InChI is InChI=1S/C20H22ClN5O/c1-2-22-18-4-3-7-23-19(18)25-8-10-26(11-9-25)20(27)16-13-24-17-6-5-14(21)12-15(16)17/h3-7,12-13,22,24H,2,8-11H2,1H3. The van der Waals surface area contributed by atoms with Gasteiger partial charge in [0.25, 0.3) is 5.91 Å². The minimum atomic E-state index is 0.0381. The maximum atomic E-state index is 13.0. The lowest BCUT2D eigenvalue weighted by molar-refractivity contribution is 0.0748. The Hall–Kier alpha value is -2.73. The maximum Gasteiger partial charge on any atom is 0.256 e. The van der Waals surface area contributed by atoms with E-state index in [0.717, 1.165) is 42.0 Å². The minimum absolute atomic E-state index is 0.0381. The predicted octanol–water partition coefficient (Wildman–Crippen LogP) is 3.61. The molecule has 1 aromatic carbocycles. The fourth-order valence-electron chi connectivity index (χ4n) is 3.54. The van der Waals surface area contributed by atoms with Crippen LogP contribution in [0.25, 0.3) is 10.9 Å². The number of amides is 1. The molecule has 1 amide bonds. The average molecular weight is 384 g/mol. The van der Waals surface area contributed by atoms with E-state index in [0.29, 0.717) is 23.7 Å². The van der Waals surface area contributed by atoms with Gasteiger partial charge in [-0.1, -0.05) is 11.6 Å². The molecule has 1 saturated heterocycles. The smallest absolute Gasteiger partial charge is 0.256 e. The second kappa shape index (κ2) is 7.48. The Morgan fingerprint density at radius 1 is 1.26 bits per heavy atom. The minimum Gasteiger partial charge on any atom is -0.382 e. The van der Waals surface area contributed by atoms with E-state index in [-0.39, 0.29) is 5.91 Å². The summed E-state index contributed by atoms with van der Waals surface area (Å²) >= 11 is 6.11. The third kappa shape index (κ3) is 3.45. The molecule has 3 aromatic rings. The first-order valence-corrected chi connectivity index (χ1v) is 9.55. The monoisotopic (exact) mass is 383 g/mol. The molecular formula is C20H22ClN5O. The number of pyridine rings is 1. The number of H-pyrrole nitrogens is 1. The van der Waals surface area contributed by atoms with Gasteiger partial charge in [0.2, 0.25) is 0 Å². The Morgan fingerprint density at radius 3 is 2.85 bits per heavy atom. The molecule has 140 valence electrons. The molecule has 0 bridgehead atoms. The van der Waals surface area contributed by atoms with E-state index >= 15 is 0 Å². The molecule has 0 spiro atoms. The number of anilines is 2. The highest BCUT2D eigenvalue weighted by Gasteiger charge is 2.25. The lowest BCUT2D eigenvalue weighted by Crippen LogP contribution is -2.49. The Morgan fingerprint density at radius 2 is 2.07 bits per heavy atom. The van der Waals surface area contributed by atoms with Crippen molar-refractivity contribution in [3.63, 3.8) is 0 Å². The average Bonchev–Trinajstić information content (AvgIpc) is 3.11. The molecule has 0 unspecified atom stereocenters. The van der Waals surface area contributed by atoms with Gasteiger partial charge in [-0.3, -0.25) is 4.79 Å². The molecule has 27 heavy (non-hydrogen) atoms. The molecule has 3 heterocycles. The normalized spacial score (nSPS) is 14.6. The van der Waals surface area contributed by atoms with Gasteiger partial charge in [-0.2, -0.15) is 0 Å². The highest BCUT2D eigenvalue weighted by Crippen LogP contribution is 2.26. The summed E-state index contributed by atoms with van der Waals surface area (Å²) in [6.45, 7) is 5.75. The van der Waals surface area contributed by atoms with Gasteiger partial charge < -0.3 is 20.1 Å². The first kappa shape index (κ1) is 17.7. The molecule has 1 fully saturated rings. The van der Waals surface area contributed by atoms with Crippen molar-refractivity contribution in [2.75, 3.05) is 42.9 Å². The molecular weight excluding hydrogens is 362 g/mol. The number of nitrogens with zero attached hydrogens (tertiary/aromatic N) is 3. The van der Waals surface area contributed by atoms with Crippen LogP contribution in [0.1, 0.15) is 17.3 Å². The van der Waals surface area contributed by atoms with Gasteiger partial charge in [0.1, 0.15) is 0 Å². The number of carbonyl (C=O) groups is 1. The van der Waals surface area contributed by atoms with Crippen molar-refractivity contribution in [2.24, 2.45) is 0 Å². The number of aromatic nitrogens is 2. The number of halogens is 1. The number of aromatic amines is 1. The van der Waals surface area contributed by atoms with Crippen LogP contribution in [0.15, 0.2) is 42.7 Å². The molecule has 0 atom stereocenters. The number of benzene rings is 1. The summed E-state index contributed by atoms with van der Waals surface area (Å²) in [4.78, 5) is 24.8. The number of hydrogen-bond acceptors (Lipinski definition) is 4. The summed E-state index contributed by atoms with van der Waals surface area (Å²) in [6.07, 6.45) is 3.58. The Labute approximate surface area is 163 Å². The number of piperazine rings is 1. The van der Waals surface area contributed by atoms with Crippen LogP contribution < -0.4 is 10.2 Å². The van der Waals surface area contributed by atoms with E-state index in [2.05, 4.69) is 27.1 Å². The van der Waals surface area contributed by atoms with E-state index in [1.165, 1.54) is 0 Å². The summed E-state index contributed by atoms with van der Waals surface area (Å²) in [7, 11) is 0. The molecule has 7 heteroatoms. The number of hydrogen-bond donors (Lipinski definition) is 2. The molecule has 2 N–H and O–H groups in total. The van der Waals surface area contributed by atoms with Crippen molar-refractivity contribution in [1.29, 1.82) is 0 Å². The topological polar surface area (TPSA) is 64.3 Å². The molecule has 4 rings (SSSR count). The van der Waals surface area contributed by atoms with Crippen molar-refractivity contribution in [3.05, 3.63) is 53.3 Å². The van der Waals surface area contributed by atoms with Crippen LogP contribution in [0.5, 0.6) is 0 Å². The van der Waals surface area contributed by atoms with E-state index < -0.39 is 0 Å². The van der Waals surface area contributed by atoms with Crippen LogP contribution in [-0.2, 0) is 0 Å². The zero-order valence-electron chi connectivity index (χ0n) is 15.2. The predicted molar refractivity (Wildman–Crippen MR) is 110 cm³/mol. The van der Waals surface area contributed by atoms with E-state index in [1.807, 2.05) is 41.4 Å². The van der Waals surface area contributed by atoms with Crippen molar-refractivity contribution >= 4 is 39.9 Å². The molecule has 0 aliphatic carbocycles. The van der Waals surface area contributed by atoms with Crippen LogP contribution in [0.2, 0.25) is 5.02 Å². The Kier molecular flexibility index (Phi) is 4.90. The lowest BCUT2D eigenvalue weighted by atomic mass is 10.1. The summed E-state index contributed by atoms with van der Waals surface area (Å²) in [5.74, 6) is 0.987.